The van der Waals surface area contributed by atoms with Crippen LogP contribution in [0, 0.1) is 18.7 Å². The second-order valence-electron chi connectivity index (χ2n) is 11.6. The van der Waals surface area contributed by atoms with Crippen LogP contribution in [0.2, 0.25) is 0 Å². The van der Waals surface area contributed by atoms with Crippen LogP contribution in [-0.4, -0.2) is 38.6 Å². The number of amides is 1. The van der Waals surface area contributed by atoms with Crippen LogP contribution in [0.5, 0.6) is 0 Å². The number of fused-ring (bicyclic) bond motifs is 1. The topological polar surface area (TPSA) is 87.5 Å². The summed E-state index contributed by atoms with van der Waals surface area (Å²) >= 11 is 0. The number of nitrogens with one attached hydrogen (secondary N) is 1. The van der Waals surface area contributed by atoms with Crippen LogP contribution >= 0.6 is 0 Å². The summed E-state index contributed by atoms with van der Waals surface area (Å²) in [6, 6.07) is 4.85. The fourth-order valence-corrected chi connectivity index (χ4v) is 5.74. The van der Waals surface area contributed by atoms with E-state index >= 15 is 4.39 Å². The largest absolute Gasteiger partial charge is 0.385 e. The van der Waals surface area contributed by atoms with E-state index in [1.165, 1.54) is 23.6 Å². The van der Waals surface area contributed by atoms with Crippen molar-refractivity contribution in [3.8, 4) is 0 Å². The molecule has 1 aliphatic rings. The molecule has 1 aromatic carbocycles. The predicted molar refractivity (Wildman–Crippen MR) is 154 cm³/mol. The number of anilines is 1. The molecule has 2 N–H and O–H groups in total. The number of pyridine rings is 2. The number of hydrogen-bond donors (Lipinski definition) is 2. The Labute approximate surface area is 238 Å². The smallest absolute Gasteiger partial charge is 0.266 e. The molecule has 3 aromatic rings. The van der Waals surface area contributed by atoms with Crippen molar-refractivity contribution >= 4 is 22.6 Å². The SMILES string of the molecule is CC(=O)N1CCC(O)(c2cc3c(NC(C)c4cccc(C(F)F)c4F)nc(C)c(CCC(C)C)c3n(C)c2=O)CC1. The van der Waals surface area contributed by atoms with Crippen LogP contribution in [0.25, 0.3) is 10.9 Å². The van der Waals surface area contributed by atoms with Crippen molar-refractivity contribution in [2.45, 2.75) is 78.4 Å². The number of aryl methyl sites for hydroxylation is 3. The van der Waals surface area contributed by atoms with Gasteiger partial charge in [-0.3, -0.25) is 9.59 Å². The van der Waals surface area contributed by atoms with Gasteiger partial charge in [-0.2, -0.15) is 0 Å². The maximum Gasteiger partial charge on any atom is 0.266 e. The van der Waals surface area contributed by atoms with Gasteiger partial charge in [0.05, 0.1) is 22.7 Å². The Kier molecular flexibility index (Phi) is 8.82. The molecule has 1 amide bonds. The van der Waals surface area contributed by atoms with Gasteiger partial charge < -0.3 is 19.9 Å². The third-order valence-corrected chi connectivity index (χ3v) is 8.29. The fraction of sp³-hybridized carbons (Fsp3) is 0.516. The van der Waals surface area contributed by atoms with Crippen LogP contribution in [-0.2, 0) is 23.9 Å². The molecule has 0 bridgehead atoms. The van der Waals surface area contributed by atoms with E-state index in [-0.39, 0.29) is 35.4 Å². The maximum absolute atomic E-state index is 15.0. The van der Waals surface area contributed by atoms with E-state index < -0.39 is 29.4 Å². The number of nitrogens with zero attached hydrogens (tertiary/aromatic N) is 3. The first-order valence-corrected chi connectivity index (χ1v) is 14.1. The van der Waals surface area contributed by atoms with Gasteiger partial charge in [-0.1, -0.05) is 32.0 Å². The number of hydrogen-bond acceptors (Lipinski definition) is 5. The minimum absolute atomic E-state index is 0.0690. The highest BCUT2D eigenvalue weighted by atomic mass is 19.3. The van der Waals surface area contributed by atoms with Crippen LogP contribution < -0.4 is 10.9 Å². The molecule has 1 unspecified atom stereocenters. The van der Waals surface area contributed by atoms with Crippen molar-refractivity contribution in [1.82, 2.24) is 14.5 Å². The molecule has 10 heteroatoms. The summed E-state index contributed by atoms with van der Waals surface area (Å²) in [5, 5.41) is 15.4. The number of carbonyl (C=O) groups excluding carboxylic acids is 1. The zero-order valence-electron chi connectivity index (χ0n) is 24.5. The number of halogens is 3. The predicted octanol–water partition coefficient (Wildman–Crippen LogP) is 5.91. The number of alkyl halides is 2. The summed E-state index contributed by atoms with van der Waals surface area (Å²) in [6.07, 6.45) is -0.989. The van der Waals surface area contributed by atoms with Gasteiger partial charge in [0.2, 0.25) is 5.91 Å². The molecule has 0 aliphatic carbocycles. The quantitative estimate of drug-likeness (QED) is 0.351. The van der Waals surface area contributed by atoms with E-state index in [9.17, 15) is 23.5 Å². The van der Waals surface area contributed by atoms with Gasteiger partial charge in [-0.25, -0.2) is 18.2 Å². The summed E-state index contributed by atoms with van der Waals surface area (Å²) in [5.74, 6) is -0.286. The average Bonchev–Trinajstić information content (AvgIpc) is 2.90. The molecule has 0 saturated carbocycles. The first-order valence-electron chi connectivity index (χ1n) is 14.1. The highest BCUT2D eigenvalue weighted by Crippen LogP contribution is 2.37. The molecule has 222 valence electrons. The lowest BCUT2D eigenvalue weighted by Gasteiger charge is -2.38. The highest BCUT2D eigenvalue weighted by molar-refractivity contribution is 5.93. The van der Waals surface area contributed by atoms with E-state index in [0.717, 1.165) is 18.1 Å². The van der Waals surface area contributed by atoms with Gasteiger partial charge in [0.1, 0.15) is 11.6 Å². The Morgan fingerprint density at radius 1 is 1.17 bits per heavy atom. The number of aromatic nitrogens is 2. The Balaban J connectivity index is 1.88. The van der Waals surface area contributed by atoms with Gasteiger partial charge in [0.15, 0.2) is 0 Å². The molecule has 1 saturated heterocycles. The zero-order chi connectivity index (χ0) is 30.2. The van der Waals surface area contributed by atoms with Crippen molar-refractivity contribution in [3.63, 3.8) is 0 Å². The molecular weight excluding hydrogens is 533 g/mol. The van der Waals surface area contributed by atoms with Gasteiger partial charge in [0, 0.05) is 49.3 Å². The molecule has 0 radical (unpaired) electrons. The van der Waals surface area contributed by atoms with Crippen molar-refractivity contribution in [2.24, 2.45) is 13.0 Å². The number of aliphatic hydroxyl groups is 1. The Bertz CT molecular complexity index is 1510. The Morgan fingerprint density at radius 3 is 2.39 bits per heavy atom. The highest BCUT2D eigenvalue weighted by Gasteiger charge is 2.38. The monoisotopic (exact) mass is 572 g/mol. The van der Waals surface area contributed by atoms with Gasteiger partial charge in [-0.15, -0.1) is 0 Å². The normalized spacial score (nSPS) is 16.0. The van der Waals surface area contributed by atoms with Gasteiger partial charge in [-0.05, 0) is 57.1 Å². The summed E-state index contributed by atoms with van der Waals surface area (Å²) < 4.78 is 43.3. The van der Waals surface area contributed by atoms with Crippen molar-refractivity contribution in [2.75, 3.05) is 18.4 Å². The van der Waals surface area contributed by atoms with Crippen LogP contribution in [0.4, 0.5) is 19.0 Å². The van der Waals surface area contributed by atoms with E-state index in [0.29, 0.717) is 47.8 Å². The molecular formula is C31H39F3N4O3. The molecule has 7 nitrogen and oxygen atoms in total. The van der Waals surface area contributed by atoms with Crippen molar-refractivity contribution < 1.29 is 23.1 Å². The summed E-state index contributed by atoms with van der Waals surface area (Å²) in [4.78, 5) is 32.1. The van der Waals surface area contributed by atoms with Gasteiger partial charge in [0.25, 0.3) is 12.0 Å². The number of rotatable bonds is 8. The van der Waals surface area contributed by atoms with Crippen LogP contribution in [0.1, 0.15) is 87.4 Å². The maximum atomic E-state index is 15.0. The molecule has 1 fully saturated rings. The van der Waals surface area contributed by atoms with E-state index in [1.807, 2.05) is 6.92 Å². The molecule has 1 atom stereocenters. The molecule has 0 spiro atoms. The number of likely N-dealkylation sites (tertiary alicyclic amines) is 1. The third kappa shape index (κ3) is 5.98. The molecule has 2 aromatic heterocycles. The Hall–Kier alpha value is -3.40. The third-order valence-electron chi connectivity index (χ3n) is 8.29. The van der Waals surface area contributed by atoms with Crippen LogP contribution in [0.3, 0.4) is 0 Å². The van der Waals surface area contributed by atoms with Crippen LogP contribution in [0.15, 0.2) is 29.1 Å². The molecule has 3 heterocycles. The van der Waals surface area contributed by atoms with Gasteiger partial charge >= 0.3 is 0 Å². The minimum Gasteiger partial charge on any atom is -0.385 e. The van der Waals surface area contributed by atoms with E-state index in [2.05, 4.69) is 19.2 Å². The average molecular weight is 573 g/mol. The second-order valence-corrected chi connectivity index (χ2v) is 11.6. The fourth-order valence-electron chi connectivity index (χ4n) is 5.74. The first-order chi connectivity index (χ1) is 19.2. The van der Waals surface area contributed by atoms with Crippen molar-refractivity contribution in [1.29, 1.82) is 0 Å². The zero-order valence-corrected chi connectivity index (χ0v) is 24.5. The number of carbonyl (C=O) groups is 1. The van der Waals surface area contributed by atoms with E-state index in [1.54, 1.807) is 24.9 Å². The first kappa shape index (κ1) is 30.6. The number of piperidine rings is 1. The molecule has 1 aliphatic heterocycles. The molecule has 41 heavy (non-hydrogen) atoms. The van der Waals surface area contributed by atoms with Crippen molar-refractivity contribution in [3.05, 3.63) is 68.4 Å². The summed E-state index contributed by atoms with van der Waals surface area (Å²) in [5.41, 5.74) is 0.0949. The lowest BCUT2D eigenvalue weighted by atomic mass is 9.84. The summed E-state index contributed by atoms with van der Waals surface area (Å²) in [6.45, 7) is 9.87. The molecule has 4 rings (SSSR count). The Morgan fingerprint density at radius 2 is 1.80 bits per heavy atom. The minimum atomic E-state index is -2.95. The standard InChI is InChI=1S/C31H39F3N4O3/c1-17(2)10-11-22-19(4)36-29(35-18(3)21-8-7-9-23(26(21)32)28(33)34)24-16-25(30(40)37(6)27(22)24)31(41)12-14-38(15-13-31)20(5)39/h7-9,16-18,28,41H,10-15H2,1-6H3,(H,35,36). The number of benzene rings is 1. The summed E-state index contributed by atoms with van der Waals surface area (Å²) in [7, 11) is 1.67. The van der Waals surface area contributed by atoms with E-state index in [4.69, 9.17) is 4.98 Å². The lowest BCUT2D eigenvalue weighted by molar-refractivity contribution is -0.133. The second kappa shape index (κ2) is 11.8. The lowest BCUT2D eigenvalue weighted by Crippen LogP contribution is -2.47.